The van der Waals surface area contributed by atoms with Gasteiger partial charge in [0.05, 0.1) is 5.69 Å². The number of Topliss-reactive ketones (excluding diaryl/α,β-unsaturated/α-hetero) is 1. The first-order valence-corrected chi connectivity index (χ1v) is 11.1. The number of pyridine rings is 1. The van der Waals surface area contributed by atoms with E-state index in [1.807, 2.05) is 54.0 Å². The zero-order chi connectivity index (χ0) is 21.5. The van der Waals surface area contributed by atoms with Crippen molar-refractivity contribution < 1.29 is 9.59 Å². The number of aromatic nitrogens is 1. The quantitative estimate of drug-likeness (QED) is 0.461. The zero-order valence-corrected chi connectivity index (χ0v) is 18.9. The van der Waals surface area contributed by atoms with E-state index in [0.717, 1.165) is 11.4 Å². The van der Waals surface area contributed by atoms with Gasteiger partial charge in [0.2, 0.25) is 5.91 Å². The molecule has 3 heterocycles. The smallest absolute Gasteiger partial charge is 0.248 e. The Morgan fingerprint density at radius 3 is 2.60 bits per heavy atom. The minimum Gasteiger partial charge on any atom is -0.363 e. The molecule has 154 valence electrons. The summed E-state index contributed by atoms with van der Waals surface area (Å²) in [5.74, 6) is -0.871. The highest BCUT2D eigenvalue weighted by Gasteiger charge is 2.53. The van der Waals surface area contributed by atoms with Crippen LogP contribution in [0.25, 0.3) is 0 Å². The molecule has 1 amide bonds. The van der Waals surface area contributed by atoms with Gasteiger partial charge < -0.3 is 4.90 Å². The molecule has 0 saturated carbocycles. The molecule has 2 aromatic heterocycles. The van der Waals surface area contributed by atoms with Crippen molar-refractivity contribution in [2.24, 2.45) is 0 Å². The molecule has 3 aromatic rings. The summed E-state index contributed by atoms with van der Waals surface area (Å²) < 4.78 is 1.37. The van der Waals surface area contributed by atoms with Gasteiger partial charge in [-0.05, 0) is 46.2 Å². The largest absolute Gasteiger partial charge is 0.363 e. The van der Waals surface area contributed by atoms with Gasteiger partial charge in [-0.25, -0.2) is 4.98 Å². The van der Waals surface area contributed by atoms with Crippen molar-refractivity contribution in [2.75, 3.05) is 19.0 Å². The van der Waals surface area contributed by atoms with Crippen LogP contribution in [0.3, 0.4) is 0 Å². The van der Waals surface area contributed by atoms with E-state index in [-0.39, 0.29) is 12.2 Å². The summed E-state index contributed by atoms with van der Waals surface area (Å²) in [7, 11) is 3.79. The van der Waals surface area contributed by atoms with Gasteiger partial charge in [-0.2, -0.15) is 11.3 Å². The molecule has 0 bridgehead atoms. The molecule has 0 aliphatic carbocycles. The van der Waals surface area contributed by atoms with E-state index in [4.69, 9.17) is 16.6 Å². The number of nitrogens with zero attached hydrogens (tertiary/aromatic N) is 3. The molecule has 0 radical (unpaired) electrons. The Labute approximate surface area is 189 Å². The average molecular weight is 458 g/mol. The number of carbonyl (C=O) groups is 2. The molecule has 30 heavy (non-hydrogen) atoms. The Balaban J connectivity index is 1.88. The van der Waals surface area contributed by atoms with Crippen LogP contribution in [0, 0.1) is 0 Å². The molecular formula is C22H20ClN3O2S2. The van der Waals surface area contributed by atoms with Crippen molar-refractivity contribution in [3.8, 4) is 0 Å². The molecule has 8 heteroatoms. The maximum absolute atomic E-state index is 13.5. The maximum atomic E-state index is 13.5. The Morgan fingerprint density at radius 2 is 1.93 bits per heavy atom. The summed E-state index contributed by atoms with van der Waals surface area (Å²) in [4.78, 5) is 33.6. The minimum atomic E-state index is -1.10. The van der Waals surface area contributed by atoms with Crippen molar-refractivity contribution >= 4 is 53.3 Å². The average Bonchev–Trinajstić information content (AvgIpc) is 3.27. The Kier molecular flexibility index (Phi) is 5.61. The molecule has 0 N–H and O–H groups in total. The molecule has 1 aliphatic rings. The predicted molar refractivity (Wildman–Crippen MR) is 123 cm³/mol. The third-order valence-electron chi connectivity index (χ3n) is 5.40. The van der Waals surface area contributed by atoms with Gasteiger partial charge in [-0.1, -0.05) is 48.7 Å². The second kappa shape index (κ2) is 8.06. The number of thiophene rings is 1. The zero-order valence-electron chi connectivity index (χ0n) is 16.4. The van der Waals surface area contributed by atoms with Crippen molar-refractivity contribution in [1.82, 2.24) is 9.29 Å². The van der Waals surface area contributed by atoms with Crippen LogP contribution in [0.1, 0.15) is 29.2 Å². The van der Waals surface area contributed by atoms with Gasteiger partial charge in [0.25, 0.3) is 0 Å². The Hall–Kier alpha value is -2.35. The number of rotatable bonds is 4. The third-order valence-corrected chi connectivity index (χ3v) is 6.97. The number of halogens is 1. The van der Waals surface area contributed by atoms with E-state index in [1.54, 1.807) is 24.3 Å². The summed E-state index contributed by atoms with van der Waals surface area (Å²) >= 11 is 12.5. The molecule has 2 atom stereocenters. The van der Waals surface area contributed by atoms with Gasteiger partial charge in [-0.15, -0.1) is 0 Å². The molecule has 2 unspecified atom stereocenters. The van der Waals surface area contributed by atoms with E-state index in [0.29, 0.717) is 16.3 Å². The lowest BCUT2D eigenvalue weighted by atomic mass is 9.75. The fourth-order valence-electron chi connectivity index (χ4n) is 3.87. The number of anilines is 1. The summed E-state index contributed by atoms with van der Waals surface area (Å²) in [6.45, 7) is 0. The molecule has 5 nitrogen and oxygen atoms in total. The monoisotopic (exact) mass is 457 g/mol. The normalized spacial score (nSPS) is 21.7. The van der Waals surface area contributed by atoms with E-state index in [9.17, 15) is 9.59 Å². The standard InChI is InChI=1S/C22H20ClN3O2S2/c1-25(2)19-9-5-8-18(24-19)22(14-10-11-30-13-14)12-17(27)20(21(28)26(22)29)15-6-3-4-7-16(15)23/h3-11,13,20,29H,12H2,1-2H3. The third kappa shape index (κ3) is 3.31. The number of piperidine rings is 1. The number of carbonyl (C=O) groups excluding carboxylic acids is 2. The molecule has 1 aliphatic heterocycles. The topological polar surface area (TPSA) is 53.5 Å². The fraction of sp³-hybridized carbons (Fsp3) is 0.227. The van der Waals surface area contributed by atoms with E-state index in [2.05, 4.69) is 12.8 Å². The summed E-state index contributed by atoms with van der Waals surface area (Å²) in [6.07, 6.45) is 0.0543. The lowest BCUT2D eigenvalue weighted by Crippen LogP contribution is -2.54. The van der Waals surface area contributed by atoms with Crippen LogP contribution < -0.4 is 4.90 Å². The molecule has 1 fully saturated rings. The number of amides is 1. The summed E-state index contributed by atoms with van der Waals surface area (Å²) in [5, 5.41) is 4.24. The lowest BCUT2D eigenvalue weighted by molar-refractivity contribution is -0.142. The van der Waals surface area contributed by atoms with Crippen LogP contribution in [0.4, 0.5) is 5.82 Å². The first kappa shape index (κ1) is 20.9. The van der Waals surface area contributed by atoms with Crippen LogP contribution in [-0.2, 0) is 15.1 Å². The number of ketones is 1. The molecule has 4 rings (SSSR count). The second-order valence-corrected chi connectivity index (χ2v) is 8.98. The van der Waals surface area contributed by atoms with Crippen molar-refractivity contribution in [2.45, 2.75) is 17.9 Å². The van der Waals surface area contributed by atoms with Crippen molar-refractivity contribution in [3.63, 3.8) is 0 Å². The van der Waals surface area contributed by atoms with Crippen LogP contribution in [0.5, 0.6) is 0 Å². The fourth-order valence-corrected chi connectivity index (χ4v) is 5.24. The van der Waals surface area contributed by atoms with Crippen molar-refractivity contribution in [3.05, 3.63) is 81.1 Å². The number of thiol groups is 1. The van der Waals surface area contributed by atoms with Crippen LogP contribution in [0.2, 0.25) is 5.02 Å². The van der Waals surface area contributed by atoms with Gasteiger partial charge in [0, 0.05) is 25.5 Å². The molecule has 1 saturated heterocycles. The highest BCUT2D eigenvalue weighted by Crippen LogP contribution is 2.48. The lowest BCUT2D eigenvalue weighted by Gasteiger charge is -2.45. The number of hydrogen-bond acceptors (Lipinski definition) is 6. The summed E-state index contributed by atoms with van der Waals surface area (Å²) in [6, 6.07) is 14.5. The minimum absolute atomic E-state index is 0.0543. The van der Waals surface area contributed by atoms with Crippen LogP contribution in [0.15, 0.2) is 59.3 Å². The van der Waals surface area contributed by atoms with Gasteiger partial charge in [0.1, 0.15) is 17.3 Å². The highest BCUT2D eigenvalue weighted by molar-refractivity contribution is 7.78. The maximum Gasteiger partial charge on any atom is 0.248 e. The number of benzene rings is 1. The molecular weight excluding hydrogens is 438 g/mol. The first-order valence-electron chi connectivity index (χ1n) is 9.34. The molecule has 0 spiro atoms. The second-order valence-electron chi connectivity index (χ2n) is 7.40. The Morgan fingerprint density at radius 1 is 1.17 bits per heavy atom. The van der Waals surface area contributed by atoms with Gasteiger partial charge in [0.15, 0.2) is 5.78 Å². The SMILES string of the molecule is CN(C)c1cccc(C2(c3ccsc3)CC(=O)C(c3ccccc3Cl)C(=O)N2S)n1. The van der Waals surface area contributed by atoms with E-state index < -0.39 is 17.4 Å². The molecule has 1 aromatic carbocycles. The summed E-state index contributed by atoms with van der Waals surface area (Å²) in [5.41, 5.74) is 0.815. The highest BCUT2D eigenvalue weighted by atomic mass is 35.5. The van der Waals surface area contributed by atoms with Crippen molar-refractivity contribution in [1.29, 1.82) is 0 Å². The first-order chi connectivity index (χ1) is 14.4. The van der Waals surface area contributed by atoms with Crippen LogP contribution in [-0.4, -0.2) is 35.1 Å². The van der Waals surface area contributed by atoms with E-state index >= 15 is 0 Å². The van der Waals surface area contributed by atoms with Crippen LogP contribution >= 0.6 is 35.8 Å². The van der Waals surface area contributed by atoms with Gasteiger partial charge >= 0.3 is 0 Å². The number of hydrogen-bond donors (Lipinski definition) is 1. The predicted octanol–water partition coefficient (Wildman–Crippen LogP) is 4.54. The Bertz CT molecular complexity index is 1100. The van der Waals surface area contributed by atoms with E-state index in [1.165, 1.54) is 15.6 Å². The van der Waals surface area contributed by atoms with Gasteiger partial charge in [-0.3, -0.25) is 13.9 Å².